The zero-order valence-electron chi connectivity index (χ0n) is 8.01. The summed E-state index contributed by atoms with van der Waals surface area (Å²) in [6, 6.07) is 1.91. The van der Waals surface area contributed by atoms with E-state index in [2.05, 4.69) is 0 Å². The van der Waals surface area contributed by atoms with Gasteiger partial charge in [-0.1, -0.05) is 27.7 Å². The van der Waals surface area contributed by atoms with Crippen molar-refractivity contribution in [1.29, 1.82) is 5.26 Å². The van der Waals surface area contributed by atoms with Gasteiger partial charge in [0, 0.05) is 0 Å². The second kappa shape index (κ2) is 3.14. The van der Waals surface area contributed by atoms with Gasteiger partial charge in [-0.3, -0.25) is 4.79 Å². The maximum Gasteiger partial charge on any atom is 0.324 e. The molecule has 0 aromatic rings. The van der Waals surface area contributed by atoms with Gasteiger partial charge >= 0.3 is 5.97 Å². The Kier molecular flexibility index (Phi) is 2.87. The molecule has 3 nitrogen and oxygen atoms in total. The maximum absolute atomic E-state index is 10.9. The molecule has 0 amide bonds. The van der Waals surface area contributed by atoms with E-state index in [9.17, 15) is 4.79 Å². The topological polar surface area (TPSA) is 61.1 Å². The molecular formula is C9H15NO2. The summed E-state index contributed by atoms with van der Waals surface area (Å²) in [6.45, 7) is 7.04. The third-order valence-corrected chi connectivity index (χ3v) is 2.37. The van der Waals surface area contributed by atoms with Gasteiger partial charge in [-0.15, -0.1) is 0 Å². The van der Waals surface area contributed by atoms with Crippen LogP contribution in [0.15, 0.2) is 0 Å². The standard InChI is InChI=1S/C9H15NO2/c1-5-9(6-10,7(11)12)8(2,3)4/h5H2,1-4H3,(H,11,12). The van der Waals surface area contributed by atoms with E-state index in [4.69, 9.17) is 10.4 Å². The van der Waals surface area contributed by atoms with Crippen LogP contribution in [-0.4, -0.2) is 11.1 Å². The number of carboxylic acids is 1. The first-order chi connectivity index (χ1) is 5.31. The molecule has 0 spiro atoms. The van der Waals surface area contributed by atoms with Crippen LogP contribution < -0.4 is 0 Å². The Bertz CT molecular complexity index is 222. The Morgan fingerprint density at radius 2 is 1.92 bits per heavy atom. The predicted octanol–water partition coefficient (Wildman–Crippen LogP) is 2.04. The van der Waals surface area contributed by atoms with Gasteiger partial charge < -0.3 is 5.11 Å². The summed E-state index contributed by atoms with van der Waals surface area (Å²) >= 11 is 0. The number of hydrogen-bond donors (Lipinski definition) is 1. The van der Waals surface area contributed by atoms with Crippen LogP contribution in [0.3, 0.4) is 0 Å². The summed E-state index contributed by atoms with van der Waals surface area (Å²) in [7, 11) is 0. The van der Waals surface area contributed by atoms with Crippen LogP contribution in [0.5, 0.6) is 0 Å². The van der Waals surface area contributed by atoms with Crippen molar-refractivity contribution in [3.8, 4) is 6.07 Å². The zero-order valence-corrected chi connectivity index (χ0v) is 8.01. The third-order valence-electron chi connectivity index (χ3n) is 2.37. The molecule has 0 aliphatic rings. The Hall–Kier alpha value is -1.04. The molecule has 0 saturated heterocycles. The van der Waals surface area contributed by atoms with E-state index in [-0.39, 0.29) is 0 Å². The normalized spacial score (nSPS) is 16.2. The van der Waals surface area contributed by atoms with Crippen LogP contribution in [-0.2, 0) is 4.79 Å². The lowest BCUT2D eigenvalue weighted by molar-refractivity contribution is -0.151. The van der Waals surface area contributed by atoms with E-state index in [1.165, 1.54) is 0 Å². The summed E-state index contributed by atoms with van der Waals surface area (Å²) in [6.07, 6.45) is 0.336. The molecule has 0 rings (SSSR count). The van der Waals surface area contributed by atoms with E-state index < -0.39 is 16.8 Å². The number of nitrogens with zero attached hydrogens (tertiary/aromatic N) is 1. The lowest BCUT2D eigenvalue weighted by atomic mass is 9.66. The van der Waals surface area contributed by atoms with Gasteiger partial charge in [-0.2, -0.15) is 5.26 Å². The Morgan fingerprint density at radius 3 is 1.92 bits per heavy atom. The van der Waals surface area contributed by atoms with Gasteiger partial charge in [0.2, 0.25) is 0 Å². The smallest absolute Gasteiger partial charge is 0.324 e. The molecule has 0 heterocycles. The average Bonchev–Trinajstić information content (AvgIpc) is 1.87. The van der Waals surface area contributed by atoms with Crippen molar-refractivity contribution in [3.05, 3.63) is 0 Å². The van der Waals surface area contributed by atoms with Crippen LogP contribution >= 0.6 is 0 Å². The molecule has 1 N–H and O–H groups in total. The first-order valence-electron chi connectivity index (χ1n) is 3.96. The SMILES string of the molecule is CCC(C#N)(C(=O)O)C(C)(C)C. The van der Waals surface area contributed by atoms with Crippen LogP contribution in [0.2, 0.25) is 0 Å². The van der Waals surface area contributed by atoms with E-state index >= 15 is 0 Å². The molecule has 3 heteroatoms. The fourth-order valence-corrected chi connectivity index (χ4v) is 1.30. The minimum atomic E-state index is -1.26. The molecule has 1 atom stereocenters. The van der Waals surface area contributed by atoms with Gasteiger partial charge in [-0.05, 0) is 11.8 Å². The fourth-order valence-electron chi connectivity index (χ4n) is 1.30. The number of nitriles is 1. The van der Waals surface area contributed by atoms with Crippen LogP contribution in [0.4, 0.5) is 0 Å². The Morgan fingerprint density at radius 1 is 1.50 bits per heavy atom. The van der Waals surface area contributed by atoms with E-state index in [1.807, 2.05) is 6.07 Å². The van der Waals surface area contributed by atoms with Gasteiger partial charge in [0.25, 0.3) is 0 Å². The van der Waals surface area contributed by atoms with Crippen molar-refractivity contribution in [2.75, 3.05) is 0 Å². The number of aliphatic carboxylic acids is 1. The van der Waals surface area contributed by atoms with Crippen molar-refractivity contribution in [2.24, 2.45) is 10.8 Å². The predicted molar refractivity (Wildman–Crippen MR) is 45.4 cm³/mol. The van der Waals surface area contributed by atoms with Gasteiger partial charge in [0.15, 0.2) is 5.41 Å². The van der Waals surface area contributed by atoms with Crippen molar-refractivity contribution in [1.82, 2.24) is 0 Å². The molecule has 0 saturated carbocycles. The Balaban J connectivity index is 5.15. The van der Waals surface area contributed by atoms with Crippen LogP contribution in [0, 0.1) is 22.2 Å². The largest absolute Gasteiger partial charge is 0.480 e. The Labute approximate surface area is 73.0 Å². The average molecular weight is 169 g/mol. The third kappa shape index (κ3) is 1.42. The lowest BCUT2D eigenvalue weighted by Crippen LogP contribution is -2.41. The van der Waals surface area contributed by atoms with E-state index in [0.717, 1.165) is 0 Å². The molecule has 0 aromatic heterocycles. The minimum Gasteiger partial charge on any atom is -0.480 e. The highest BCUT2D eigenvalue weighted by molar-refractivity contribution is 5.79. The van der Waals surface area contributed by atoms with Crippen LogP contribution in [0.25, 0.3) is 0 Å². The minimum absolute atomic E-state index is 0.336. The molecule has 0 aromatic carbocycles. The molecule has 0 bridgehead atoms. The lowest BCUT2D eigenvalue weighted by Gasteiger charge is -2.34. The first-order valence-corrected chi connectivity index (χ1v) is 3.96. The van der Waals surface area contributed by atoms with E-state index in [1.54, 1.807) is 27.7 Å². The zero-order chi connectivity index (χ0) is 9.99. The van der Waals surface area contributed by atoms with E-state index in [0.29, 0.717) is 6.42 Å². The summed E-state index contributed by atoms with van der Waals surface area (Å²) in [5.74, 6) is -1.03. The molecule has 0 radical (unpaired) electrons. The second-order valence-electron chi connectivity index (χ2n) is 3.93. The molecule has 0 fully saturated rings. The number of rotatable bonds is 2. The summed E-state index contributed by atoms with van der Waals surface area (Å²) in [5, 5.41) is 17.8. The fraction of sp³-hybridized carbons (Fsp3) is 0.778. The molecule has 0 aliphatic carbocycles. The monoisotopic (exact) mass is 169 g/mol. The molecule has 12 heavy (non-hydrogen) atoms. The van der Waals surface area contributed by atoms with Gasteiger partial charge in [0.1, 0.15) is 0 Å². The highest BCUT2D eigenvalue weighted by Crippen LogP contribution is 2.41. The van der Waals surface area contributed by atoms with Crippen molar-refractivity contribution < 1.29 is 9.90 Å². The molecular weight excluding hydrogens is 154 g/mol. The highest BCUT2D eigenvalue weighted by atomic mass is 16.4. The summed E-state index contributed by atoms with van der Waals surface area (Å²) < 4.78 is 0. The maximum atomic E-state index is 10.9. The quantitative estimate of drug-likeness (QED) is 0.688. The summed E-state index contributed by atoms with van der Waals surface area (Å²) in [5.41, 5.74) is -1.78. The van der Waals surface area contributed by atoms with Crippen LogP contribution in [0.1, 0.15) is 34.1 Å². The molecule has 0 aliphatic heterocycles. The van der Waals surface area contributed by atoms with Crippen molar-refractivity contribution in [3.63, 3.8) is 0 Å². The second-order valence-corrected chi connectivity index (χ2v) is 3.93. The molecule has 68 valence electrons. The number of hydrogen-bond acceptors (Lipinski definition) is 2. The first kappa shape index (κ1) is 11.0. The summed E-state index contributed by atoms with van der Waals surface area (Å²) in [4.78, 5) is 10.9. The number of carboxylic acid groups (broad SMARTS) is 1. The van der Waals surface area contributed by atoms with Crippen molar-refractivity contribution >= 4 is 5.97 Å². The van der Waals surface area contributed by atoms with Gasteiger partial charge in [0.05, 0.1) is 6.07 Å². The van der Waals surface area contributed by atoms with Gasteiger partial charge in [-0.25, -0.2) is 0 Å². The number of carbonyl (C=O) groups is 1. The molecule has 1 unspecified atom stereocenters. The highest BCUT2D eigenvalue weighted by Gasteiger charge is 2.47. The van der Waals surface area contributed by atoms with Crippen molar-refractivity contribution in [2.45, 2.75) is 34.1 Å².